The van der Waals surface area contributed by atoms with E-state index in [1.807, 2.05) is 0 Å². The van der Waals surface area contributed by atoms with Gasteiger partial charge in [0.25, 0.3) is 5.91 Å². The van der Waals surface area contributed by atoms with E-state index in [4.69, 9.17) is 0 Å². The summed E-state index contributed by atoms with van der Waals surface area (Å²) in [6, 6.07) is 14.4. The summed E-state index contributed by atoms with van der Waals surface area (Å²) in [6.07, 6.45) is 0. The number of phenols is 2. The standard InChI is InChI=1S/C16H13N3O3/c20-12-5-1-10(2-6-12)14-9-15(19-18-14)16(22)17-11-3-7-13(21)8-4-11/h1-9,20-21H,(H,17,22)(H,18,19). The third kappa shape index (κ3) is 2.90. The van der Waals surface area contributed by atoms with Gasteiger partial charge in [-0.25, -0.2) is 0 Å². The fourth-order valence-electron chi connectivity index (χ4n) is 1.97. The maximum Gasteiger partial charge on any atom is 0.276 e. The molecule has 0 aliphatic carbocycles. The maximum atomic E-state index is 12.1. The molecule has 1 aromatic heterocycles. The number of hydrogen-bond donors (Lipinski definition) is 4. The lowest BCUT2D eigenvalue weighted by Crippen LogP contribution is -2.12. The van der Waals surface area contributed by atoms with Crippen molar-refractivity contribution in [2.75, 3.05) is 5.32 Å². The largest absolute Gasteiger partial charge is 0.508 e. The number of rotatable bonds is 3. The van der Waals surface area contributed by atoms with E-state index >= 15 is 0 Å². The smallest absolute Gasteiger partial charge is 0.276 e. The molecular formula is C16H13N3O3. The number of amides is 1. The van der Waals surface area contributed by atoms with Gasteiger partial charge in [0.2, 0.25) is 0 Å². The van der Waals surface area contributed by atoms with Gasteiger partial charge in [-0.2, -0.15) is 5.10 Å². The highest BCUT2D eigenvalue weighted by molar-refractivity contribution is 6.03. The first-order valence-electron chi connectivity index (χ1n) is 6.57. The molecule has 1 heterocycles. The predicted octanol–water partition coefficient (Wildman–Crippen LogP) is 2.74. The van der Waals surface area contributed by atoms with Gasteiger partial charge >= 0.3 is 0 Å². The molecule has 6 heteroatoms. The Morgan fingerprint density at radius 3 is 2.18 bits per heavy atom. The second-order valence-corrected chi connectivity index (χ2v) is 4.71. The van der Waals surface area contributed by atoms with Gasteiger partial charge in [-0.15, -0.1) is 0 Å². The molecule has 0 spiro atoms. The summed E-state index contributed by atoms with van der Waals surface area (Å²) in [4.78, 5) is 12.1. The van der Waals surface area contributed by atoms with Crippen molar-refractivity contribution in [1.82, 2.24) is 10.2 Å². The Balaban J connectivity index is 1.76. The highest BCUT2D eigenvalue weighted by Gasteiger charge is 2.11. The van der Waals surface area contributed by atoms with Gasteiger partial charge < -0.3 is 15.5 Å². The van der Waals surface area contributed by atoms with Crippen LogP contribution in [0.15, 0.2) is 54.6 Å². The number of benzene rings is 2. The van der Waals surface area contributed by atoms with Gasteiger partial charge in [0.1, 0.15) is 11.5 Å². The van der Waals surface area contributed by atoms with Gasteiger partial charge in [-0.3, -0.25) is 9.89 Å². The number of carbonyl (C=O) groups excluding carboxylic acids is 1. The molecule has 4 N–H and O–H groups in total. The minimum atomic E-state index is -0.355. The summed E-state index contributed by atoms with van der Waals surface area (Å²) >= 11 is 0. The number of phenolic OH excluding ortho intramolecular Hbond substituents is 2. The fraction of sp³-hybridized carbons (Fsp3) is 0. The molecule has 0 aliphatic heterocycles. The average molecular weight is 295 g/mol. The van der Waals surface area contributed by atoms with Crippen molar-refractivity contribution in [2.24, 2.45) is 0 Å². The SMILES string of the molecule is O=C(Nc1ccc(O)cc1)c1cc(-c2ccc(O)cc2)[nH]n1. The van der Waals surface area contributed by atoms with Crippen molar-refractivity contribution in [3.8, 4) is 22.8 Å². The molecule has 1 amide bonds. The molecule has 0 radical (unpaired) electrons. The van der Waals surface area contributed by atoms with Crippen LogP contribution in [0.5, 0.6) is 11.5 Å². The van der Waals surface area contributed by atoms with E-state index < -0.39 is 0 Å². The van der Waals surface area contributed by atoms with Crippen LogP contribution >= 0.6 is 0 Å². The zero-order valence-corrected chi connectivity index (χ0v) is 11.4. The Kier molecular flexibility index (Phi) is 3.49. The van der Waals surface area contributed by atoms with E-state index in [-0.39, 0.29) is 23.1 Å². The summed E-state index contributed by atoms with van der Waals surface area (Å²) in [6.45, 7) is 0. The second-order valence-electron chi connectivity index (χ2n) is 4.71. The average Bonchev–Trinajstić information content (AvgIpc) is 3.00. The van der Waals surface area contributed by atoms with Crippen molar-refractivity contribution in [1.29, 1.82) is 0 Å². The molecule has 0 fully saturated rings. The molecule has 2 aromatic carbocycles. The van der Waals surface area contributed by atoms with Gasteiger partial charge in [-0.05, 0) is 60.2 Å². The molecule has 22 heavy (non-hydrogen) atoms. The van der Waals surface area contributed by atoms with Gasteiger partial charge in [0, 0.05) is 5.69 Å². The van der Waals surface area contributed by atoms with Crippen LogP contribution < -0.4 is 5.32 Å². The Hall–Kier alpha value is -3.28. The summed E-state index contributed by atoms with van der Waals surface area (Å²) in [5.74, 6) is -0.0482. The van der Waals surface area contributed by atoms with Crippen LogP contribution in [0.4, 0.5) is 5.69 Å². The van der Waals surface area contributed by atoms with Crippen molar-refractivity contribution < 1.29 is 15.0 Å². The Morgan fingerprint density at radius 1 is 0.955 bits per heavy atom. The van der Waals surface area contributed by atoms with E-state index in [0.29, 0.717) is 11.4 Å². The molecule has 3 aromatic rings. The molecule has 3 rings (SSSR count). The highest BCUT2D eigenvalue weighted by Crippen LogP contribution is 2.21. The number of anilines is 1. The predicted molar refractivity (Wildman–Crippen MR) is 81.7 cm³/mol. The number of hydrogen-bond acceptors (Lipinski definition) is 4. The Labute approximate surface area is 126 Å². The Bertz CT molecular complexity index is 792. The summed E-state index contributed by atoms with van der Waals surface area (Å²) < 4.78 is 0. The topological polar surface area (TPSA) is 98.2 Å². The number of carbonyl (C=O) groups is 1. The van der Waals surface area contributed by atoms with Gasteiger partial charge in [0.05, 0.1) is 5.69 Å². The lowest BCUT2D eigenvalue weighted by atomic mass is 10.1. The van der Waals surface area contributed by atoms with Crippen molar-refractivity contribution in [3.63, 3.8) is 0 Å². The third-order valence-corrected chi connectivity index (χ3v) is 3.11. The van der Waals surface area contributed by atoms with Crippen LogP contribution in [0.1, 0.15) is 10.5 Å². The van der Waals surface area contributed by atoms with Crippen LogP contribution in [-0.4, -0.2) is 26.3 Å². The second kappa shape index (κ2) is 5.61. The quantitative estimate of drug-likeness (QED) is 0.558. The number of H-pyrrole nitrogens is 1. The lowest BCUT2D eigenvalue weighted by molar-refractivity contribution is 0.102. The molecule has 0 saturated heterocycles. The monoisotopic (exact) mass is 295 g/mol. The molecule has 0 bridgehead atoms. The maximum absolute atomic E-state index is 12.1. The third-order valence-electron chi connectivity index (χ3n) is 3.11. The minimum Gasteiger partial charge on any atom is -0.508 e. The van der Waals surface area contributed by atoms with Crippen LogP contribution in [0.25, 0.3) is 11.3 Å². The summed E-state index contributed by atoms with van der Waals surface area (Å²) in [5, 5.41) is 27.9. The number of nitrogens with zero attached hydrogens (tertiary/aromatic N) is 1. The molecule has 110 valence electrons. The first-order valence-corrected chi connectivity index (χ1v) is 6.57. The number of nitrogens with one attached hydrogen (secondary N) is 2. The Morgan fingerprint density at radius 2 is 1.55 bits per heavy atom. The molecule has 0 atom stereocenters. The van der Waals surface area contributed by atoms with E-state index in [9.17, 15) is 15.0 Å². The lowest BCUT2D eigenvalue weighted by Gasteiger charge is -2.02. The first kappa shape index (κ1) is 13.7. The number of aromatic nitrogens is 2. The van der Waals surface area contributed by atoms with E-state index in [2.05, 4.69) is 15.5 Å². The molecule has 0 saturated carbocycles. The van der Waals surface area contributed by atoms with E-state index in [1.54, 1.807) is 42.5 Å². The molecule has 6 nitrogen and oxygen atoms in total. The normalized spacial score (nSPS) is 10.4. The first-order chi connectivity index (χ1) is 10.6. The van der Waals surface area contributed by atoms with Gasteiger partial charge in [0.15, 0.2) is 5.69 Å². The molecule has 0 aliphatic rings. The van der Waals surface area contributed by atoms with E-state index in [1.165, 1.54) is 12.1 Å². The zero-order chi connectivity index (χ0) is 15.5. The van der Waals surface area contributed by atoms with Crippen LogP contribution in [0, 0.1) is 0 Å². The van der Waals surface area contributed by atoms with Crippen molar-refractivity contribution in [2.45, 2.75) is 0 Å². The van der Waals surface area contributed by atoms with Crippen LogP contribution in [-0.2, 0) is 0 Å². The number of aromatic hydroxyl groups is 2. The van der Waals surface area contributed by atoms with Crippen molar-refractivity contribution in [3.05, 3.63) is 60.3 Å². The molecule has 0 unspecified atom stereocenters. The zero-order valence-electron chi connectivity index (χ0n) is 11.4. The fourth-order valence-corrected chi connectivity index (χ4v) is 1.97. The number of aromatic amines is 1. The molecular weight excluding hydrogens is 282 g/mol. The highest BCUT2D eigenvalue weighted by atomic mass is 16.3. The minimum absolute atomic E-state index is 0.132. The van der Waals surface area contributed by atoms with Crippen molar-refractivity contribution >= 4 is 11.6 Å². The van der Waals surface area contributed by atoms with E-state index in [0.717, 1.165) is 5.56 Å². The van der Waals surface area contributed by atoms with Crippen LogP contribution in [0.3, 0.4) is 0 Å². The van der Waals surface area contributed by atoms with Gasteiger partial charge in [-0.1, -0.05) is 0 Å². The summed E-state index contributed by atoms with van der Waals surface area (Å²) in [5.41, 5.74) is 2.30. The van der Waals surface area contributed by atoms with Crippen LogP contribution in [0.2, 0.25) is 0 Å². The summed E-state index contributed by atoms with van der Waals surface area (Å²) in [7, 11) is 0.